The zero-order valence-electron chi connectivity index (χ0n) is 6.00. The fourth-order valence-corrected chi connectivity index (χ4v) is 1.04. The summed E-state index contributed by atoms with van der Waals surface area (Å²) in [5.74, 6) is -7.74. The maximum Gasteiger partial charge on any atom is 0.322 e. The average molecular weight is 171 g/mol. The Morgan fingerprint density at radius 3 is 2.09 bits per heavy atom. The third-order valence-corrected chi connectivity index (χ3v) is 1.77. The van der Waals surface area contributed by atoms with Crippen LogP contribution in [0, 0.1) is 0 Å². The van der Waals surface area contributed by atoms with Gasteiger partial charge in [0.25, 0.3) is 0 Å². The first-order chi connectivity index (χ1) is 4.85. The third kappa shape index (κ3) is 1.47. The van der Waals surface area contributed by atoms with E-state index in [1.807, 2.05) is 0 Å². The van der Waals surface area contributed by atoms with Crippen LogP contribution in [0.5, 0.6) is 0 Å². The highest BCUT2D eigenvalue weighted by Gasteiger charge is 2.58. The number of rotatable bonds is 0. The Bertz CT molecular complexity index is 157. The highest BCUT2D eigenvalue weighted by molar-refractivity contribution is 4.94. The molecule has 0 aliphatic carbocycles. The normalized spacial score (nSPS) is 35.2. The van der Waals surface area contributed by atoms with E-state index < -0.39 is 30.9 Å². The van der Waals surface area contributed by atoms with Gasteiger partial charge >= 0.3 is 11.8 Å². The van der Waals surface area contributed by atoms with Crippen LogP contribution in [0.25, 0.3) is 0 Å². The summed E-state index contributed by atoms with van der Waals surface area (Å²) in [5.41, 5.74) is 0. The van der Waals surface area contributed by atoms with Crippen molar-refractivity contribution in [2.24, 2.45) is 0 Å². The Morgan fingerprint density at radius 2 is 1.73 bits per heavy atom. The Balaban J connectivity index is 2.72. The minimum Gasteiger partial charge on any atom is -0.308 e. The van der Waals surface area contributed by atoms with Crippen molar-refractivity contribution in [2.75, 3.05) is 6.54 Å². The molecule has 0 aromatic carbocycles. The van der Waals surface area contributed by atoms with Crippen molar-refractivity contribution in [3.05, 3.63) is 0 Å². The van der Waals surface area contributed by atoms with E-state index in [1.54, 1.807) is 0 Å². The zero-order valence-corrected chi connectivity index (χ0v) is 6.00. The van der Waals surface area contributed by atoms with Crippen molar-refractivity contribution in [1.29, 1.82) is 0 Å². The van der Waals surface area contributed by atoms with Gasteiger partial charge in [-0.25, -0.2) is 0 Å². The molecule has 0 amide bonds. The molecule has 1 N–H and O–H groups in total. The number of halogens is 4. The summed E-state index contributed by atoms with van der Waals surface area (Å²) in [4.78, 5) is 0. The molecular formula is C6H9F4N. The van der Waals surface area contributed by atoms with Crippen molar-refractivity contribution in [3.8, 4) is 0 Å². The Morgan fingerprint density at radius 1 is 1.18 bits per heavy atom. The van der Waals surface area contributed by atoms with Gasteiger partial charge in [-0.1, -0.05) is 0 Å². The van der Waals surface area contributed by atoms with Crippen LogP contribution in [0.15, 0.2) is 0 Å². The molecule has 66 valence electrons. The molecule has 0 aromatic rings. The van der Waals surface area contributed by atoms with Crippen LogP contribution < -0.4 is 5.32 Å². The Labute approximate surface area is 61.8 Å². The summed E-state index contributed by atoms with van der Waals surface area (Å²) in [7, 11) is 0. The van der Waals surface area contributed by atoms with Crippen LogP contribution in [0.1, 0.15) is 13.3 Å². The molecule has 1 fully saturated rings. The van der Waals surface area contributed by atoms with Gasteiger partial charge in [-0.15, -0.1) is 0 Å². The zero-order chi connectivity index (χ0) is 8.70. The molecular weight excluding hydrogens is 162 g/mol. The average Bonchev–Trinajstić information content (AvgIpc) is 1.80. The van der Waals surface area contributed by atoms with Gasteiger partial charge in [-0.3, -0.25) is 0 Å². The van der Waals surface area contributed by atoms with Crippen LogP contribution in [0.3, 0.4) is 0 Å². The molecule has 0 saturated carbocycles. The quantitative estimate of drug-likeness (QED) is 0.546. The van der Waals surface area contributed by atoms with Crippen LogP contribution in [-0.2, 0) is 0 Å². The summed E-state index contributed by atoms with van der Waals surface area (Å²) in [6, 6.07) is -0.537. The number of nitrogens with one attached hydrogen (secondary N) is 1. The van der Waals surface area contributed by atoms with Crippen molar-refractivity contribution in [3.63, 3.8) is 0 Å². The van der Waals surface area contributed by atoms with E-state index in [-0.39, 0.29) is 0 Å². The molecule has 1 nitrogen and oxygen atoms in total. The van der Waals surface area contributed by atoms with Crippen LogP contribution in [-0.4, -0.2) is 24.4 Å². The van der Waals surface area contributed by atoms with Gasteiger partial charge in [0.15, 0.2) is 0 Å². The lowest BCUT2D eigenvalue weighted by Gasteiger charge is -2.34. The predicted molar refractivity (Wildman–Crippen MR) is 32.0 cm³/mol. The first kappa shape index (κ1) is 8.77. The molecule has 1 saturated heterocycles. The highest BCUT2D eigenvalue weighted by Crippen LogP contribution is 2.39. The van der Waals surface area contributed by atoms with E-state index in [0.717, 1.165) is 0 Å². The second-order valence-corrected chi connectivity index (χ2v) is 2.89. The topological polar surface area (TPSA) is 12.0 Å². The fraction of sp³-hybridized carbons (Fsp3) is 1.00. The molecule has 1 heterocycles. The summed E-state index contributed by atoms with van der Waals surface area (Å²) < 4.78 is 49.6. The smallest absolute Gasteiger partial charge is 0.308 e. The van der Waals surface area contributed by atoms with Gasteiger partial charge in [-0.05, 0) is 6.92 Å². The monoisotopic (exact) mass is 171 g/mol. The minimum absolute atomic E-state index is 0.537. The molecule has 0 spiro atoms. The van der Waals surface area contributed by atoms with E-state index in [1.165, 1.54) is 6.92 Å². The number of piperidine rings is 1. The van der Waals surface area contributed by atoms with Gasteiger partial charge < -0.3 is 5.32 Å². The van der Waals surface area contributed by atoms with Gasteiger partial charge in [-0.2, -0.15) is 17.6 Å². The number of alkyl halides is 4. The van der Waals surface area contributed by atoms with Crippen molar-refractivity contribution >= 4 is 0 Å². The first-order valence-electron chi connectivity index (χ1n) is 3.34. The lowest BCUT2D eigenvalue weighted by Crippen LogP contribution is -2.57. The van der Waals surface area contributed by atoms with E-state index in [2.05, 4.69) is 5.32 Å². The summed E-state index contributed by atoms with van der Waals surface area (Å²) in [6.45, 7) is 0.532. The van der Waals surface area contributed by atoms with Gasteiger partial charge in [0.05, 0.1) is 6.54 Å². The van der Waals surface area contributed by atoms with E-state index in [4.69, 9.17) is 0 Å². The molecule has 5 heteroatoms. The minimum atomic E-state index is -3.89. The second-order valence-electron chi connectivity index (χ2n) is 2.89. The van der Waals surface area contributed by atoms with Crippen molar-refractivity contribution in [2.45, 2.75) is 31.2 Å². The Kier molecular flexibility index (Phi) is 1.86. The van der Waals surface area contributed by atoms with Crippen LogP contribution in [0.4, 0.5) is 17.6 Å². The molecule has 1 aliphatic heterocycles. The largest absolute Gasteiger partial charge is 0.322 e. The predicted octanol–water partition coefficient (Wildman–Crippen LogP) is 1.64. The van der Waals surface area contributed by atoms with Gasteiger partial charge in [0.1, 0.15) is 0 Å². The van der Waals surface area contributed by atoms with Crippen molar-refractivity contribution < 1.29 is 17.6 Å². The molecule has 0 radical (unpaired) electrons. The maximum atomic E-state index is 12.4. The summed E-state index contributed by atoms with van der Waals surface area (Å²) >= 11 is 0. The number of hydrogen-bond acceptors (Lipinski definition) is 1. The molecule has 0 aromatic heterocycles. The molecule has 1 atom stereocenters. The SMILES string of the molecule is CC1CC(F)(F)C(F)(F)CN1. The fourth-order valence-electron chi connectivity index (χ4n) is 1.04. The van der Waals surface area contributed by atoms with Crippen LogP contribution in [0.2, 0.25) is 0 Å². The summed E-state index contributed by atoms with van der Waals surface area (Å²) in [6.07, 6.45) is -0.792. The van der Waals surface area contributed by atoms with Gasteiger partial charge in [0, 0.05) is 12.5 Å². The molecule has 1 rings (SSSR count). The number of hydrogen-bond donors (Lipinski definition) is 1. The standard InChI is InChI=1S/C6H9F4N/c1-4-2-5(7,8)6(9,10)3-11-4/h4,11H,2-3H2,1H3. The lowest BCUT2D eigenvalue weighted by molar-refractivity contribution is -0.225. The third-order valence-electron chi connectivity index (χ3n) is 1.77. The van der Waals surface area contributed by atoms with E-state index in [0.29, 0.717) is 0 Å². The molecule has 0 bridgehead atoms. The van der Waals surface area contributed by atoms with E-state index in [9.17, 15) is 17.6 Å². The van der Waals surface area contributed by atoms with Gasteiger partial charge in [0.2, 0.25) is 0 Å². The maximum absolute atomic E-state index is 12.4. The lowest BCUT2D eigenvalue weighted by atomic mass is 9.99. The second kappa shape index (κ2) is 2.33. The highest BCUT2D eigenvalue weighted by atomic mass is 19.3. The first-order valence-corrected chi connectivity index (χ1v) is 3.34. The van der Waals surface area contributed by atoms with E-state index >= 15 is 0 Å². The molecule has 1 aliphatic rings. The van der Waals surface area contributed by atoms with Crippen molar-refractivity contribution in [1.82, 2.24) is 5.32 Å². The summed E-state index contributed by atoms with van der Waals surface area (Å²) in [5, 5.41) is 2.30. The molecule has 1 unspecified atom stereocenters. The molecule has 11 heavy (non-hydrogen) atoms. The Hall–Kier alpha value is -0.320. The van der Waals surface area contributed by atoms with Crippen LogP contribution >= 0.6 is 0 Å².